The van der Waals surface area contributed by atoms with Crippen LogP contribution in [0.15, 0.2) is 0 Å². The number of rotatable bonds is 24. The third-order valence-electron chi connectivity index (χ3n) is 4.76. The molecule has 23 nitrogen and oxygen atoms in total. The molecule has 0 aromatic rings. The average molecular weight is 773 g/mol. The summed E-state index contributed by atoms with van der Waals surface area (Å²) >= 11 is 0. The second kappa shape index (κ2) is 39.7. The van der Waals surface area contributed by atoms with Crippen LogP contribution in [0.3, 0.4) is 0 Å². The van der Waals surface area contributed by atoms with Gasteiger partial charge < -0.3 is 56.2 Å². The Hall–Kier alpha value is -0.520. The van der Waals surface area contributed by atoms with Crippen LogP contribution in [0.25, 0.3) is 0 Å². The zero-order chi connectivity index (χ0) is 36.4. The third-order valence-corrected chi connectivity index (χ3v) is 4.76. The fraction of sp³-hybridized carbons (Fsp3) is 0.652. The first-order valence-electron chi connectivity index (χ1n) is 12.8. The van der Waals surface area contributed by atoms with Crippen LogP contribution in [0.4, 0.5) is 0 Å². The molecule has 0 heterocycles. The van der Waals surface area contributed by atoms with Crippen LogP contribution in [0.5, 0.6) is 0 Å². The van der Waals surface area contributed by atoms with Crippen LogP contribution in [-0.4, -0.2) is 340 Å². The molecule has 0 aliphatic heterocycles. The number of carbonyl (C=O) groups is 8. The van der Waals surface area contributed by atoms with Crippen molar-refractivity contribution in [3.05, 3.63) is 0 Å². The number of aliphatic carboxylic acids is 8. The molecule has 0 aliphatic rings. The fourth-order valence-electron chi connectivity index (χ4n) is 3.01. The monoisotopic (exact) mass is 772 g/mol. The number of hydrogen-bond acceptors (Lipinski definition) is 15. The van der Waals surface area contributed by atoms with Crippen LogP contribution in [0.2, 0.25) is 0 Å². The molecule has 0 fully saturated rings. The Morgan fingerprint density at radius 2 is 0.460 bits per heavy atom. The third kappa shape index (κ3) is 49.6. The van der Waals surface area contributed by atoms with Crippen molar-refractivity contribution in [1.82, 2.24) is 19.6 Å². The predicted octanol–water partition coefficient (Wildman–Crippen LogP) is -8.40. The number of hydrogen-bond donors (Lipinski definition) is 11. The molecule has 0 aliphatic carbocycles. The predicted molar refractivity (Wildman–Crippen MR) is 176 cm³/mol. The number of carboxylic acid groups (broad SMARTS) is 8. The van der Waals surface area contributed by atoms with Gasteiger partial charge in [0.15, 0.2) is 0 Å². The van der Waals surface area contributed by atoms with Gasteiger partial charge in [0.2, 0.25) is 0 Å². The van der Waals surface area contributed by atoms with Crippen molar-refractivity contribution < 1.29 is 94.5 Å². The van der Waals surface area contributed by atoms with Gasteiger partial charge in [-0.15, -0.1) is 0 Å². The Balaban J connectivity index is -0.000000119. The van der Waals surface area contributed by atoms with Crippen molar-refractivity contribution in [2.45, 2.75) is 6.10 Å². The SMILES string of the molecule is O=C(O)CN(CCN(CC(=O)O)CC(=O)O)CC(=O)O.O=C(O)CN(CCN(CC(=O)O)CC(=O)O)CC(=O)O.OCC(O)CO.[NaH].[NaH].[NaH].[NaH]. The summed E-state index contributed by atoms with van der Waals surface area (Å²) < 4.78 is 0. The van der Waals surface area contributed by atoms with Crippen molar-refractivity contribution in [1.29, 1.82) is 0 Å². The molecule has 0 rings (SSSR count). The molecule has 0 spiro atoms. The summed E-state index contributed by atoms with van der Waals surface area (Å²) in [6, 6.07) is 0. The number of nitrogens with zero attached hydrogens (tertiary/aromatic N) is 4. The molecular formula is C23H44N4Na4O19. The molecule has 0 aromatic carbocycles. The van der Waals surface area contributed by atoms with Gasteiger partial charge in [-0.3, -0.25) is 58.0 Å². The molecule has 0 atom stereocenters. The zero-order valence-corrected chi connectivity index (χ0v) is 24.5. The molecule has 27 heteroatoms. The van der Waals surface area contributed by atoms with Gasteiger partial charge in [0.1, 0.15) is 6.10 Å². The van der Waals surface area contributed by atoms with Gasteiger partial charge in [-0.1, -0.05) is 0 Å². The van der Waals surface area contributed by atoms with Crippen molar-refractivity contribution >= 4 is 166 Å². The van der Waals surface area contributed by atoms with Crippen LogP contribution in [0, 0.1) is 0 Å². The van der Waals surface area contributed by atoms with Gasteiger partial charge in [0.05, 0.1) is 65.6 Å². The van der Waals surface area contributed by atoms with E-state index in [0.717, 1.165) is 19.6 Å². The fourth-order valence-corrected chi connectivity index (χ4v) is 3.01. The van der Waals surface area contributed by atoms with Gasteiger partial charge in [-0.05, 0) is 0 Å². The van der Waals surface area contributed by atoms with Crippen LogP contribution in [-0.2, 0) is 38.4 Å². The van der Waals surface area contributed by atoms with E-state index in [2.05, 4.69) is 0 Å². The van der Waals surface area contributed by atoms with Gasteiger partial charge >= 0.3 is 166 Å². The molecule has 0 saturated carbocycles. The molecular weight excluding hydrogens is 728 g/mol. The molecule has 11 N–H and O–H groups in total. The first-order valence-corrected chi connectivity index (χ1v) is 12.8. The Kier molecular flexibility index (Phi) is 51.1. The molecule has 0 amide bonds. The molecule has 274 valence electrons. The van der Waals surface area contributed by atoms with Gasteiger partial charge in [0.25, 0.3) is 0 Å². The van der Waals surface area contributed by atoms with E-state index in [0.29, 0.717) is 0 Å². The van der Waals surface area contributed by atoms with E-state index >= 15 is 0 Å². The summed E-state index contributed by atoms with van der Waals surface area (Å²) in [7, 11) is 0. The van der Waals surface area contributed by atoms with Crippen molar-refractivity contribution in [3.8, 4) is 0 Å². The quantitative estimate of drug-likeness (QED) is 0.0406. The van der Waals surface area contributed by atoms with Gasteiger partial charge in [-0.2, -0.15) is 0 Å². The normalized spacial score (nSPS) is 9.76. The summed E-state index contributed by atoms with van der Waals surface area (Å²) in [6.07, 6.45) is -0.954. The summed E-state index contributed by atoms with van der Waals surface area (Å²) in [4.78, 5) is 88.7. The van der Waals surface area contributed by atoms with E-state index < -0.39 is 106 Å². The van der Waals surface area contributed by atoms with E-state index in [1.54, 1.807) is 0 Å². The van der Waals surface area contributed by atoms with Crippen LogP contribution >= 0.6 is 0 Å². The Morgan fingerprint density at radius 1 is 0.340 bits per heavy atom. The summed E-state index contributed by atoms with van der Waals surface area (Å²) in [5.41, 5.74) is 0. The molecule has 0 aromatic heterocycles. The van der Waals surface area contributed by atoms with Crippen LogP contribution < -0.4 is 0 Å². The Labute approximate surface area is 374 Å². The number of aliphatic hydroxyl groups excluding tert-OH is 3. The van der Waals surface area contributed by atoms with Gasteiger partial charge in [-0.25, -0.2) is 0 Å². The van der Waals surface area contributed by atoms with Gasteiger partial charge in [0, 0.05) is 26.2 Å². The van der Waals surface area contributed by atoms with E-state index in [9.17, 15) is 38.4 Å². The summed E-state index contributed by atoms with van der Waals surface area (Å²) in [5, 5.41) is 92.9. The van der Waals surface area contributed by atoms with E-state index in [-0.39, 0.29) is 158 Å². The standard InChI is InChI=1S/2C10H16N2O8.C3H8O3.4Na.4H/c2*13-7(14)3-11(4-8(15)16)1-2-12(5-9(17)18)6-10(19)20;4-1-3(6)2-5;;;;;;;;/h2*1-6H2,(H,13,14)(H,15,16)(H,17,18)(H,19,20);3-6H,1-2H2;;;;;;;;. The van der Waals surface area contributed by atoms with E-state index in [1.807, 2.05) is 0 Å². The number of carboxylic acids is 8. The minimum absolute atomic E-state index is 0. The zero-order valence-electron chi connectivity index (χ0n) is 24.5. The first-order chi connectivity index (χ1) is 21.2. The van der Waals surface area contributed by atoms with Crippen molar-refractivity contribution in [2.75, 3.05) is 91.8 Å². The minimum atomic E-state index is -1.23. The van der Waals surface area contributed by atoms with Crippen molar-refractivity contribution in [3.63, 3.8) is 0 Å². The molecule has 0 saturated heterocycles. The number of aliphatic hydroxyl groups is 3. The van der Waals surface area contributed by atoms with E-state index in [1.165, 1.54) is 0 Å². The molecule has 50 heavy (non-hydrogen) atoms. The molecule has 0 bridgehead atoms. The molecule has 0 unspecified atom stereocenters. The maximum absolute atomic E-state index is 10.6. The first kappa shape index (κ1) is 64.4. The Morgan fingerprint density at radius 3 is 0.520 bits per heavy atom. The Bertz CT molecular complexity index is 803. The van der Waals surface area contributed by atoms with Crippen molar-refractivity contribution in [2.24, 2.45) is 0 Å². The average Bonchev–Trinajstić information content (AvgIpc) is 2.87. The van der Waals surface area contributed by atoms with E-state index in [4.69, 9.17) is 56.2 Å². The second-order valence-corrected chi connectivity index (χ2v) is 9.01. The second-order valence-electron chi connectivity index (χ2n) is 9.01. The van der Waals surface area contributed by atoms with Crippen LogP contribution in [0.1, 0.15) is 0 Å². The topological polar surface area (TPSA) is 372 Å². The summed E-state index contributed by atoms with van der Waals surface area (Å²) in [6.45, 7) is -5.23. The molecule has 0 radical (unpaired) electrons. The maximum atomic E-state index is 10.6. The summed E-state index contributed by atoms with van der Waals surface area (Å²) in [5.74, 6) is -9.82.